The lowest BCUT2D eigenvalue weighted by Gasteiger charge is -2.22. The minimum Gasteiger partial charge on any atom is -0.497 e. The van der Waals surface area contributed by atoms with E-state index >= 15 is 0 Å². The van der Waals surface area contributed by atoms with Gasteiger partial charge in [-0.3, -0.25) is 0 Å². The molecule has 3 rings (SSSR count). The first-order chi connectivity index (χ1) is 9.26. The van der Waals surface area contributed by atoms with Gasteiger partial charge in [0.25, 0.3) is 0 Å². The first-order valence-electron chi connectivity index (χ1n) is 6.92. The molecule has 0 saturated heterocycles. The quantitative estimate of drug-likeness (QED) is 0.844. The largest absolute Gasteiger partial charge is 0.497 e. The first-order valence-corrected chi connectivity index (χ1v) is 6.92. The van der Waals surface area contributed by atoms with Crippen molar-refractivity contribution in [3.8, 4) is 5.75 Å². The van der Waals surface area contributed by atoms with Crippen molar-refractivity contribution in [1.82, 2.24) is 9.55 Å². The molecule has 1 aliphatic heterocycles. The molecule has 0 amide bonds. The van der Waals surface area contributed by atoms with Crippen molar-refractivity contribution in [2.45, 2.75) is 32.7 Å². The van der Waals surface area contributed by atoms with Gasteiger partial charge < -0.3 is 9.30 Å². The van der Waals surface area contributed by atoms with Crippen LogP contribution in [0, 0.1) is 5.92 Å². The molecule has 0 radical (unpaired) electrons. The third-order valence-electron chi connectivity index (χ3n) is 3.90. The molecule has 0 fully saturated rings. The Morgan fingerprint density at radius 2 is 2.32 bits per heavy atom. The van der Waals surface area contributed by atoms with Gasteiger partial charge in [-0.1, -0.05) is 19.1 Å². The number of aromatic nitrogens is 2. The van der Waals surface area contributed by atoms with E-state index in [1.54, 1.807) is 7.11 Å². The van der Waals surface area contributed by atoms with Gasteiger partial charge in [0.15, 0.2) is 0 Å². The molecule has 3 nitrogen and oxygen atoms in total. The lowest BCUT2D eigenvalue weighted by Crippen LogP contribution is -2.19. The summed E-state index contributed by atoms with van der Waals surface area (Å²) in [7, 11) is 1.71. The highest BCUT2D eigenvalue weighted by atomic mass is 16.5. The SMILES string of the molecule is COc1cccc(Cc2ncc3n2CC(C)CC3)c1. The number of hydrogen-bond donors (Lipinski definition) is 0. The molecule has 100 valence electrons. The summed E-state index contributed by atoms with van der Waals surface area (Å²) in [6.45, 7) is 3.42. The van der Waals surface area contributed by atoms with Gasteiger partial charge in [-0.2, -0.15) is 0 Å². The highest BCUT2D eigenvalue weighted by molar-refractivity contribution is 5.30. The van der Waals surface area contributed by atoms with Crippen LogP contribution in [0.5, 0.6) is 5.75 Å². The van der Waals surface area contributed by atoms with Crippen molar-refractivity contribution in [1.29, 1.82) is 0 Å². The molecule has 19 heavy (non-hydrogen) atoms. The second-order valence-corrected chi connectivity index (χ2v) is 5.45. The predicted octanol–water partition coefficient (Wildman–Crippen LogP) is 3.06. The summed E-state index contributed by atoms with van der Waals surface area (Å²) in [5.41, 5.74) is 2.64. The van der Waals surface area contributed by atoms with Gasteiger partial charge >= 0.3 is 0 Å². The average Bonchev–Trinajstić information content (AvgIpc) is 2.81. The molecule has 1 aromatic carbocycles. The molecule has 0 saturated carbocycles. The number of benzene rings is 1. The van der Waals surface area contributed by atoms with E-state index in [2.05, 4.69) is 28.6 Å². The van der Waals surface area contributed by atoms with Crippen LogP contribution in [0.4, 0.5) is 0 Å². The van der Waals surface area contributed by atoms with E-state index in [1.807, 2.05) is 18.3 Å². The van der Waals surface area contributed by atoms with Gasteiger partial charge in [-0.25, -0.2) is 4.98 Å². The molecule has 3 heteroatoms. The van der Waals surface area contributed by atoms with Crippen molar-refractivity contribution in [2.75, 3.05) is 7.11 Å². The lowest BCUT2D eigenvalue weighted by molar-refractivity contribution is 0.392. The zero-order valence-electron chi connectivity index (χ0n) is 11.6. The second-order valence-electron chi connectivity index (χ2n) is 5.45. The van der Waals surface area contributed by atoms with E-state index in [1.165, 1.54) is 23.5 Å². The van der Waals surface area contributed by atoms with E-state index in [-0.39, 0.29) is 0 Å². The van der Waals surface area contributed by atoms with Gasteiger partial charge in [-0.15, -0.1) is 0 Å². The molecular formula is C16H20N2O. The van der Waals surface area contributed by atoms with Crippen molar-refractivity contribution in [3.63, 3.8) is 0 Å². The number of rotatable bonds is 3. The van der Waals surface area contributed by atoms with Gasteiger partial charge in [-0.05, 0) is 36.5 Å². The summed E-state index contributed by atoms with van der Waals surface area (Å²) in [5.74, 6) is 2.84. The van der Waals surface area contributed by atoms with Crippen molar-refractivity contribution < 1.29 is 4.74 Å². The molecule has 1 unspecified atom stereocenters. The minimum absolute atomic E-state index is 0.755. The Balaban J connectivity index is 1.85. The number of aryl methyl sites for hydroxylation is 1. The fourth-order valence-electron chi connectivity index (χ4n) is 2.78. The summed E-state index contributed by atoms with van der Waals surface area (Å²) in [5, 5.41) is 0. The monoisotopic (exact) mass is 256 g/mol. The molecule has 1 aliphatic rings. The van der Waals surface area contributed by atoms with Crippen LogP contribution < -0.4 is 4.74 Å². The maximum Gasteiger partial charge on any atom is 0.119 e. The fraction of sp³-hybridized carbons (Fsp3) is 0.438. The van der Waals surface area contributed by atoms with Crippen LogP contribution in [0.3, 0.4) is 0 Å². The molecule has 1 aromatic heterocycles. The van der Waals surface area contributed by atoms with E-state index in [4.69, 9.17) is 4.74 Å². The Labute approximate surface area is 114 Å². The normalized spacial score (nSPS) is 18.1. The van der Waals surface area contributed by atoms with E-state index in [9.17, 15) is 0 Å². The van der Waals surface area contributed by atoms with Gasteiger partial charge in [0.05, 0.1) is 7.11 Å². The molecule has 0 bridgehead atoms. The van der Waals surface area contributed by atoms with Crippen LogP contribution in [-0.2, 0) is 19.4 Å². The van der Waals surface area contributed by atoms with Crippen LogP contribution in [0.15, 0.2) is 30.5 Å². The summed E-state index contributed by atoms with van der Waals surface area (Å²) >= 11 is 0. The molecular weight excluding hydrogens is 236 g/mol. The van der Waals surface area contributed by atoms with Crippen molar-refractivity contribution in [3.05, 3.63) is 47.5 Å². The number of imidazole rings is 1. The maximum atomic E-state index is 5.28. The summed E-state index contributed by atoms with van der Waals surface area (Å²) in [4.78, 5) is 4.61. The Hall–Kier alpha value is -1.77. The fourth-order valence-corrected chi connectivity index (χ4v) is 2.78. The second kappa shape index (κ2) is 5.08. The number of hydrogen-bond acceptors (Lipinski definition) is 2. The van der Waals surface area contributed by atoms with E-state index in [0.717, 1.165) is 31.1 Å². The first kappa shape index (κ1) is 12.3. The van der Waals surface area contributed by atoms with Gasteiger partial charge in [0.2, 0.25) is 0 Å². The number of ether oxygens (including phenoxy) is 1. The number of nitrogens with zero attached hydrogens (tertiary/aromatic N) is 2. The molecule has 2 aromatic rings. The zero-order valence-corrected chi connectivity index (χ0v) is 11.6. The van der Waals surface area contributed by atoms with Crippen LogP contribution in [0.2, 0.25) is 0 Å². The maximum absolute atomic E-state index is 5.28. The van der Waals surface area contributed by atoms with Crippen LogP contribution in [0.25, 0.3) is 0 Å². The highest BCUT2D eigenvalue weighted by Gasteiger charge is 2.18. The van der Waals surface area contributed by atoms with E-state index < -0.39 is 0 Å². The third kappa shape index (κ3) is 2.50. The smallest absolute Gasteiger partial charge is 0.119 e. The molecule has 2 heterocycles. The Kier molecular flexibility index (Phi) is 3.28. The third-order valence-corrected chi connectivity index (χ3v) is 3.90. The summed E-state index contributed by atoms with van der Waals surface area (Å²) < 4.78 is 7.67. The van der Waals surface area contributed by atoms with Crippen molar-refractivity contribution in [2.24, 2.45) is 5.92 Å². The zero-order chi connectivity index (χ0) is 13.2. The molecule has 1 atom stereocenters. The predicted molar refractivity (Wildman–Crippen MR) is 75.5 cm³/mol. The number of fused-ring (bicyclic) bond motifs is 1. The standard InChI is InChI=1S/C16H20N2O/c1-12-6-7-14-10-17-16(18(14)11-12)9-13-4-3-5-15(8-13)19-2/h3-5,8,10,12H,6-7,9,11H2,1-2H3. The van der Waals surface area contributed by atoms with Gasteiger partial charge in [0.1, 0.15) is 11.6 Å². The topological polar surface area (TPSA) is 27.1 Å². The number of methoxy groups -OCH3 is 1. The van der Waals surface area contributed by atoms with Crippen LogP contribution in [-0.4, -0.2) is 16.7 Å². The lowest BCUT2D eigenvalue weighted by atomic mass is 10.00. The molecule has 0 aliphatic carbocycles. The summed E-state index contributed by atoms with van der Waals surface area (Å²) in [6, 6.07) is 8.24. The van der Waals surface area contributed by atoms with E-state index in [0.29, 0.717) is 0 Å². The molecule has 0 spiro atoms. The Bertz CT molecular complexity index is 574. The van der Waals surface area contributed by atoms with Crippen LogP contribution >= 0.6 is 0 Å². The van der Waals surface area contributed by atoms with Crippen molar-refractivity contribution >= 4 is 0 Å². The minimum atomic E-state index is 0.755. The van der Waals surface area contributed by atoms with Gasteiger partial charge in [0, 0.05) is 24.9 Å². The molecule has 0 N–H and O–H groups in total. The highest BCUT2D eigenvalue weighted by Crippen LogP contribution is 2.23. The van der Waals surface area contributed by atoms with Crippen LogP contribution in [0.1, 0.15) is 30.4 Å². The summed E-state index contributed by atoms with van der Waals surface area (Å²) in [6.07, 6.45) is 5.36. The Morgan fingerprint density at radius 3 is 3.16 bits per heavy atom. The Morgan fingerprint density at radius 1 is 1.42 bits per heavy atom. The average molecular weight is 256 g/mol.